The van der Waals surface area contributed by atoms with Crippen LogP contribution in [-0.4, -0.2) is 60.7 Å². The molecule has 0 saturated carbocycles. The molecule has 146 valence electrons. The lowest BCUT2D eigenvalue weighted by atomic mass is 9.72. The Morgan fingerprint density at radius 3 is 2.39 bits per heavy atom. The normalized spacial score (nSPS) is 26.4. The number of carbonyl (C=O) groups excluding carboxylic acids is 4. The summed E-state index contributed by atoms with van der Waals surface area (Å²) in [6.07, 6.45) is 2.62. The van der Waals surface area contributed by atoms with Gasteiger partial charge in [0.25, 0.3) is 11.8 Å². The number of nitrogens with zero attached hydrogens (tertiary/aromatic N) is 2. The Morgan fingerprint density at radius 1 is 0.964 bits per heavy atom. The van der Waals surface area contributed by atoms with Crippen molar-refractivity contribution in [1.82, 2.24) is 15.5 Å². The molecule has 1 atom stereocenters. The monoisotopic (exact) mass is 382 g/mol. The lowest BCUT2D eigenvalue weighted by Crippen LogP contribution is -2.60. The van der Waals surface area contributed by atoms with Crippen LogP contribution in [0.4, 0.5) is 5.69 Å². The van der Waals surface area contributed by atoms with Gasteiger partial charge in [-0.25, -0.2) is 0 Å². The molecule has 1 spiro atoms. The molecule has 8 heteroatoms. The maximum absolute atomic E-state index is 12.9. The Morgan fingerprint density at radius 2 is 1.68 bits per heavy atom. The highest BCUT2D eigenvalue weighted by molar-refractivity contribution is 6.23. The number of benzene rings is 1. The van der Waals surface area contributed by atoms with E-state index < -0.39 is 23.8 Å². The summed E-state index contributed by atoms with van der Waals surface area (Å²) in [5, 5.41) is 5.61. The van der Waals surface area contributed by atoms with Crippen molar-refractivity contribution in [3.05, 3.63) is 29.3 Å². The van der Waals surface area contributed by atoms with Crippen LogP contribution in [0.5, 0.6) is 0 Å². The van der Waals surface area contributed by atoms with Crippen molar-refractivity contribution in [2.24, 2.45) is 5.41 Å². The zero-order chi connectivity index (χ0) is 19.5. The maximum atomic E-state index is 12.9. The van der Waals surface area contributed by atoms with Crippen molar-refractivity contribution in [3.63, 3.8) is 0 Å². The Labute approximate surface area is 162 Å². The number of anilines is 1. The lowest BCUT2D eigenvalue weighted by molar-refractivity contribution is -0.136. The SMILES string of the molecule is O=C1CCC(N2C(=O)c3ccc(N4CC5(CCNCC5)C4)cc3C2=O)C(=O)N1. The van der Waals surface area contributed by atoms with E-state index in [1.807, 2.05) is 6.07 Å². The summed E-state index contributed by atoms with van der Waals surface area (Å²) in [4.78, 5) is 52.5. The summed E-state index contributed by atoms with van der Waals surface area (Å²) in [5.74, 6) is -1.86. The van der Waals surface area contributed by atoms with Crippen LogP contribution >= 0.6 is 0 Å². The second-order valence-electron chi connectivity index (χ2n) is 8.28. The van der Waals surface area contributed by atoms with Gasteiger partial charge >= 0.3 is 0 Å². The van der Waals surface area contributed by atoms with Crippen molar-refractivity contribution in [1.29, 1.82) is 0 Å². The van der Waals surface area contributed by atoms with Crippen LogP contribution in [0.1, 0.15) is 46.4 Å². The number of hydrogen-bond donors (Lipinski definition) is 2. The van der Waals surface area contributed by atoms with Gasteiger partial charge in [-0.15, -0.1) is 0 Å². The van der Waals surface area contributed by atoms with Gasteiger partial charge in [-0.2, -0.15) is 0 Å². The van der Waals surface area contributed by atoms with Crippen molar-refractivity contribution < 1.29 is 19.2 Å². The third kappa shape index (κ3) is 2.55. The maximum Gasteiger partial charge on any atom is 0.262 e. The molecule has 0 radical (unpaired) electrons. The van der Waals surface area contributed by atoms with Crippen molar-refractivity contribution in [2.45, 2.75) is 31.7 Å². The molecule has 3 saturated heterocycles. The minimum absolute atomic E-state index is 0.125. The third-order valence-corrected chi connectivity index (χ3v) is 6.51. The average molecular weight is 382 g/mol. The van der Waals surface area contributed by atoms with Crippen molar-refractivity contribution in [2.75, 3.05) is 31.1 Å². The molecule has 28 heavy (non-hydrogen) atoms. The van der Waals surface area contributed by atoms with E-state index in [-0.39, 0.29) is 18.7 Å². The molecule has 0 aromatic heterocycles. The minimum atomic E-state index is -0.921. The smallest absolute Gasteiger partial charge is 0.262 e. The number of hydrogen-bond acceptors (Lipinski definition) is 6. The Hall–Kier alpha value is -2.74. The van der Waals surface area contributed by atoms with Gasteiger partial charge in [-0.05, 0) is 50.6 Å². The second kappa shape index (κ2) is 6.13. The molecule has 4 aliphatic heterocycles. The van der Waals surface area contributed by atoms with Gasteiger partial charge in [0.1, 0.15) is 6.04 Å². The molecule has 0 bridgehead atoms. The van der Waals surface area contributed by atoms with Gasteiger partial charge in [0.2, 0.25) is 11.8 Å². The fourth-order valence-electron chi connectivity index (χ4n) is 4.88. The molecule has 5 rings (SSSR count). The van der Waals surface area contributed by atoms with Crippen LogP contribution in [0.2, 0.25) is 0 Å². The Balaban J connectivity index is 1.36. The first-order chi connectivity index (χ1) is 13.5. The van der Waals surface area contributed by atoms with Crippen LogP contribution in [0.25, 0.3) is 0 Å². The zero-order valence-electron chi connectivity index (χ0n) is 15.5. The lowest BCUT2D eigenvalue weighted by Gasteiger charge is -2.53. The summed E-state index contributed by atoms with van der Waals surface area (Å²) in [6.45, 7) is 4.02. The highest BCUT2D eigenvalue weighted by Crippen LogP contribution is 2.42. The van der Waals surface area contributed by atoms with E-state index >= 15 is 0 Å². The first-order valence-corrected chi connectivity index (χ1v) is 9.79. The summed E-state index contributed by atoms with van der Waals surface area (Å²) < 4.78 is 0. The van der Waals surface area contributed by atoms with Crippen molar-refractivity contribution >= 4 is 29.3 Å². The second-order valence-corrected chi connectivity index (χ2v) is 8.28. The fraction of sp³-hybridized carbons (Fsp3) is 0.500. The summed E-state index contributed by atoms with van der Waals surface area (Å²) >= 11 is 0. The first-order valence-electron chi connectivity index (χ1n) is 9.79. The molecule has 8 nitrogen and oxygen atoms in total. The van der Waals surface area contributed by atoms with Gasteiger partial charge in [-0.1, -0.05) is 0 Å². The summed E-state index contributed by atoms with van der Waals surface area (Å²) in [5.41, 5.74) is 1.98. The van der Waals surface area contributed by atoms with Gasteiger partial charge in [0, 0.05) is 30.6 Å². The van der Waals surface area contributed by atoms with E-state index in [0.29, 0.717) is 16.5 Å². The molecule has 2 N–H and O–H groups in total. The molecule has 4 amide bonds. The average Bonchev–Trinajstić information content (AvgIpc) is 2.91. The molecule has 4 heterocycles. The van der Waals surface area contributed by atoms with Gasteiger partial charge in [0.05, 0.1) is 11.1 Å². The molecular weight excluding hydrogens is 360 g/mol. The van der Waals surface area contributed by atoms with Crippen LogP contribution in [0.3, 0.4) is 0 Å². The van der Waals surface area contributed by atoms with Crippen molar-refractivity contribution in [3.8, 4) is 0 Å². The molecular formula is C20H22N4O4. The molecule has 1 aromatic carbocycles. The van der Waals surface area contributed by atoms with Crippen LogP contribution < -0.4 is 15.5 Å². The summed E-state index contributed by atoms with van der Waals surface area (Å²) in [6, 6.07) is 4.42. The molecule has 4 aliphatic rings. The van der Waals surface area contributed by atoms with Crippen LogP contribution in [-0.2, 0) is 9.59 Å². The molecule has 1 unspecified atom stereocenters. The highest BCUT2D eigenvalue weighted by Gasteiger charge is 2.46. The standard InChI is InChI=1S/C20H22N4O4/c25-16-4-3-15(17(26)22-16)24-18(27)13-2-1-12(9-14(13)19(24)28)23-10-20(11-23)5-7-21-8-6-20/h1-2,9,15,21H,3-8,10-11H2,(H,22,25,26). The fourth-order valence-corrected chi connectivity index (χ4v) is 4.88. The first kappa shape index (κ1) is 17.4. The van der Waals surface area contributed by atoms with E-state index in [2.05, 4.69) is 15.5 Å². The number of rotatable bonds is 2. The third-order valence-electron chi connectivity index (χ3n) is 6.51. The highest BCUT2D eigenvalue weighted by atomic mass is 16.2. The quantitative estimate of drug-likeness (QED) is 0.713. The van der Waals surface area contributed by atoms with E-state index in [4.69, 9.17) is 0 Å². The summed E-state index contributed by atoms with van der Waals surface area (Å²) in [7, 11) is 0. The van der Waals surface area contributed by atoms with Gasteiger partial charge in [0.15, 0.2) is 0 Å². The number of imide groups is 2. The Bertz CT molecular complexity index is 897. The van der Waals surface area contributed by atoms with E-state index in [9.17, 15) is 19.2 Å². The number of fused-ring (bicyclic) bond motifs is 1. The largest absolute Gasteiger partial charge is 0.370 e. The Kier molecular flexibility index (Phi) is 3.80. The predicted molar refractivity (Wildman–Crippen MR) is 99.9 cm³/mol. The molecule has 1 aromatic rings. The minimum Gasteiger partial charge on any atom is -0.370 e. The van der Waals surface area contributed by atoms with E-state index in [0.717, 1.165) is 49.6 Å². The van der Waals surface area contributed by atoms with Crippen LogP contribution in [0, 0.1) is 5.41 Å². The zero-order valence-corrected chi connectivity index (χ0v) is 15.5. The van der Waals surface area contributed by atoms with Gasteiger partial charge < -0.3 is 10.2 Å². The van der Waals surface area contributed by atoms with Gasteiger partial charge in [-0.3, -0.25) is 29.4 Å². The molecule has 0 aliphatic carbocycles. The number of carbonyl (C=O) groups is 4. The number of amides is 4. The number of nitrogens with one attached hydrogen (secondary N) is 2. The van der Waals surface area contributed by atoms with Crippen LogP contribution in [0.15, 0.2) is 18.2 Å². The topological polar surface area (TPSA) is 98.8 Å². The van der Waals surface area contributed by atoms with E-state index in [1.54, 1.807) is 12.1 Å². The molecule has 3 fully saturated rings. The van der Waals surface area contributed by atoms with E-state index in [1.165, 1.54) is 0 Å². The predicted octanol–water partition coefficient (Wildman–Crippen LogP) is 0.278. The number of piperidine rings is 2.